The monoisotopic (exact) mass is 344 g/mol. The van der Waals surface area contributed by atoms with Crippen molar-refractivity contribution in [2.24, 2.45) is 0 Å². The molecule has 2 N–H and O–H groups in total. The molecule has 112 valence electrons. The molecule has 6 heteroatoms. The van der Waals surface area contributed by atoms with Gasteiger partial charge in [0.2, 0.25) is 0 Å². The van der Waals surface area contributed by atoms with Crippen molar-refractivity contribution in [1.82, 2.24) is 10.2 Å². The maximum Gasteiger partial charge on any atom is 0.161 e. The molecule has 20 heavy (non-hydrogen) atoms. The molecule has 1 aliphatic rings. The zero-order valence-electron chi connectivity index (χ0n) is 11.9. The van der Waals surface area contributed by atoms with Crippen molar-refractivity contribution < 1.29 is 14.6 Å². The van der Waals surface area contributed by atoms with Crippen LogP contribution < -0.4 is 14.8 Å². The third-order valence-corrected chi connectivity index (χ3v) is 4.19. The highest BCUT2D eigenvalue weighted by molar-refractivity contribution is 9.10. The van der Waals surface area contributed by atoms with E-state index in [1.807, 2.05) is 12.1 Å². The molecule has 2 rings (SSSR count). The molecule has 1 atom stereocenters. The number of hydrogen-bond acceptors (Lipinski definition) is 5. The minimum atomic E-state index is -0.553. The summed E-state index contributed by atoms with van der Waals surface area (Å²) in [6.45, 7) is 4.49. The van der Waals surface area contributed by atoms with Gasteiger partial charge < -0.3 is 19.9 Å². The molecular weight excluding hydrogens is 324 g/mol. The Morgan fingerprint density at radius 3 is 2.45 bits per heavy atom. The largest absolute Gasteiger partial charge is 0.493 e. The van der Waals surface area contributed by atoms with Crippen LogP contribution in [0.25, 0.3) is 0 Å². The molecule has 1 aromatic carbocycles. The van der Waals surface area contributed by atoms with Crippen LogP contribution in [0.2, 0.25) is 0 Å². The molecule has 0 bridgehead atoms. The number of aliphatic hydroxyl groups excluding tert-OH is 1. The highest BCUT2D eigenvalue weighted by atomic mass is 79.9. The molecule has 1 unspecified atom stereocenters. The fraction of sp³-hybridized carbons (Fsp3) is 0.571. The number of piperazine rings is 1. The van der Waals surface area contributed by atoms with Crippen molar-refractivity contribution >= 4 is 15.9 Å². The van der Waals surface area contributed by atoms with Gasteiger partial charge in [-0.2, -0.15) is 0 Å². The molecule has 1 saturated heterocycles. The molecule has 0 spiro atoms. The quantitative estimate of drug-likeness (QED) is 0.845. The van der Waals surface area contributed by atoms with Crippen LogP contribution in [0, 0.1) is 0 Å². The number of β-amino-alcohol motifs (C(OH)–C–C–N with tert-alkyl or cyclic N) is 1. The third-order valence-electron chi connectivity index (χ3n) is 3.50. The smallest absolute Gasteiger partial charge is 0.161 e. The first-order valence-electron chi connectivity index (χ1n) is 6.68. The first-order valence-corrected chi connectivity index (χ1v) is 7.47. The number of nitrogens with one attached hydrogen (secondary N) is 1. The van der Waals surface area contributed by atoms with Crippen molar-refractivity contribution in [2.75, 3.05) is 46.9 Å². The van der Waals surface area contributed by atoms with Gasteiger partial charge in [0.05, 0.1) is 20.3 Å². The van der Waals surface area contributed by atoms with Crippen LogP contribution in [0.1, 0.15) is 11.7 Å². The van der Waals surface area contributed by atoms with E-state index >= 15 is 0 Å². The maximum atomic E-state index is 10.4. The van der Waals surface area contributed by atoms with Crippen LogP contribution in [0.4, 0.5) is 0 Å². The van der Waals surface area contributed by atoms with Crippen molar-refractivity contribution in [2.45, 2.75) is 6.10 Å². The average molecular weight is 345 g/mol. The van der Waals surface area contributed by atoms with Gasteiger partial charge in [-0.25, -0.2) is 0 Å². The Kier molecular flexibility index (Phi) is 5.65. The second-order valence-corrected chi connectivity index (χ2v) is 5.65. The minimum absolute atomic E-state index is 0.553. The molecule has 0 aliphatic carbocycles. The number of benzene rings is 1. The average Bonchev–Trinajstić information content (AvgIpc) is 2.47. The SMILES string of the molecule is COc1cc(Br)c(C(O)CN2CCNCC2)cc1OC. The van der Waals surface area contributed by atoms with Gasteiger partial charge >= 0.3 is 0 Å². The number of nitrogens with zero attached hydrogens (tertiary/aromatic N) is 1. The minimum Gasteiger partial charge on any atom is -0.493 e. The number of halogens is 1. The van der Waals surface area contributed by atoms with Crippen LogP contribution in [0.5, 0.6) is 11.5 Å². The van der Waals surface area contributed by atoms with Gasteiger partial charge in [0, 0.05) is 37.2 Å². The van der Waals surface area contributed by atoms with E-state index in [0.717, 1.165) is 36.2 Å². The van der Waals surface area contributed by atoms with Gasteiger partial charge in [-0.1, -0.05) is 15.9 Å². The predicted molar refractivity (Wildman–Crippen MR) is 81.5 cm³/mol. The zero-order chi connectivity index (χ0) is 14.5. The number of methoxy groups -OCH3 is 2. The van der Waals surface area contributed by atoms with Crippen LogP contribution in [0.15, 0.2) is 16.6 Å². The van der Waals surface area contributed by atoms with Gasteiger partial charge in [-0.3, -0.25) is 4.90 Å². The lowest BCUT2D eigenvalue weighted by Gasteiger charge is -2.29. The second kappa shape index (κ2) is 7.26. The zero-order valence-corrected chi connectivity index (χ0v) is 13.4. The lowest BCUT2D eigenvalue weighted by molar-refractivity contribution is 0.105. The highest BCUT2D eigenvalue weighted by Gasteiger charge is 2.20. The van der Waals surface area contributed by atoms with E-state index in [2.05, 4.69) is 26.1 Å². The van der Waals surface area contributed by atoms with E-state index in [1.54, 1.807) is 14.2 Å². The van der Waals surface area contributed by atoms with Gasteiger partial charge in [0.15, 0.2) is 11.5 Å². The highest BCUT2D eigenvalue weighted by Crippen LogP contribution is 2.36. The van der Waals surface area contributed by atoms with Gasteiger partial charge in [-0.05, 0) is 17.7 Å². The Hall–Kier alpha value is -0.820. The normalized spacial score (nSPS) is 17.8. The molecule has 0 saturated carbocycles. The van der Waals surface area contributed by atoms with E-state index in [9.17, 15) is 5.11 Å². The van der Waals surface area contributed by atoms with Crippen molar-refractivity contribution in [3.8, 4) is 11.5 Å². The molecule has 1 aliphatic heterocycles. The fourth-order valence-corrected chi connectivity index (χ4v) is 2.95. The summed E-state index contributed by atoms with van der Waals surface area (Å²) in [5.41, 5.74) is 0.821. The predicted octanol–water partition coefficient (Wildman–Crippen LogP) is 1.40. The Morgan fingerprint density at radius 1 is 1.25 bits per heavy atom. The summed E-state index contributed by atoms with van der Waals surface area (Å²) in [5, 5.41) is 13.8. The summed E-state index contributed by atoms with van der Waals surface area (Å²) in [6.07, 6.45) is -0.553. The van der Waals surface area contributed by atoms with Gasteiger partial charge in [0.1, 0.15) is 0 Å². The van der Waals surface area contributed by atoms with Crippen LogP contribution in [0.3, 0.4) is 0 Å². The van der Waals surface area contributed by atoms with E-state index < -0.39 is 6.10 Å². The Bertz CT molecular complexity index is 450. The summed E-state index contributed by atoms with van der Waals surface area (Å²) in [7, 11) is 3.19. The van der Waals surface area contributed by atoms with Crippen LogP contribution >= 0.6 is 15.9 Å². The number of ether oxygens (including phenoxy) is 2. The van der Waals surface area contributed by atoms with E-state index in [0.29, 0.717) is 18.0 Å². The first kappa shape index (κ1) is 15.6. The summed E-state index contributed by atoms with van der Waals surface area (Å²) in [6, 6.07) is 3.66. The topological polar surface area (TPSA) is 54.0 Å². The molecule has 1 heterocycles. The van der Waals surface area contributed by atoms with E-state index in [4.69, 9.17) is 9.47 Å². The first-order chi connectivity index (χ1) is 9.65. The fourth-order valence-electron chi connectivity index (χ4n) is 2.36. The van der Waals surface area contributed by atoms with E-state index in [-0.39, 0.29) is 0 Å². The third kappa shape index (κ3) is 3.63. The lowest BCUT2D eigenvalue weighted by Crippen LogP contribution is -2.45. The molecule has 1 aromatic rings. The van der Waals surface area contributed by atoms with Crippen molar-refractivity contribution in [3.63, 3.8) is 0 Å². The Morgan fingerprint density at radius 2 is 1.85 bits per heavy atom. The molecule has 0 amide bonds. The molecule has 0 aromatic heterocycles. The second-order valence-electron chi connectivity index (χ2n) is 4.80. The van der Waals surface area contributed by atoms with Crippen molar-refractivity contribution in [3.05, 3.63) is 22.2 Å². The van der Waals surface area contributed by atoms with Crippen LogP contribution in [-0.4, -0.2) is 56.9 Å². The van der Waals surface area contributed by atoms with Crippen molar-refractivity contribution in [1.29, 1.82) is 0 Å². The van der Waals surface area contributed by atoms with Gasteiger partial charge in [0.25, 0.3) is 0 Å². The lowest BCUT2D eigenvalue weighted by atomic mass is 10.1. The number of aliphatic hydroxyl groups is 1. The Balaban J connectivity index is 2.13. The van der Waals surface area contributed by atoms with Gasteiger partial charge in [-0.15, -0.1) is 0 Å². The molecule has 0 radical (unpaired) electrons. The number of hydrogen-bond donors (Lipinski definition) is 2. The standard InChI is InChI=1S/C14H21BrN2O3/c1-19-13-7-10(11(15)8-14(13)20-2)12(18)9-17-5-3-16-4-6-17/h7-8,12,16,18H,3-6,9H2,1-2H3. The van der Waals surface area contributed by atoms with Crippen LogP contribution in [-0.2, 0) is 0 Å². The summed E-state index contributed by atoms with van der Waals surface area (Å²) in [5.74, 6) is 1.28. The molecule has 1 fully saturated rings. The summed E-state index contributed by atoms with van der Waals surface area (Å²) in [4.78, 5) is 2.25. The maximum absolute atomic E-state index is 10.4. The summed E-state index contributed by atoms with van der Waals surface area (Å²) >= 11 is 3.49. The van der Waals surface area contributed by atoms with E-state index in [1.165, 1.54) is 0 Å². The molecular formula is C14H21BrN2O3. The molecule has 5 nitrogen and oxygen atoms in total. The summed E-state index contributed by atoms with van der Waals surface area (Å²) < 4.78 is 11.4. The Labute approximate surface area is 128 Å². The number of rotatable bonds is 5.